The Labute approximate surface area is 160 Å². The van der Waals surface area contributed by atoms with Crippen molar-refractivity contribution in [3.63, 3.8) is 0 Å². The van der Waals surface area contributed by atoms with Gasteiger partial charge in [0.1, 0.15) is 0 Å². The van der Waals surface area contributed by atoms with Crippen LogP contribution in [-0.4, -0.2) is 41.3 Å². The Bertz CT molecular complexity index is 736. The number of para-hydroxylation sites is 2. The van der Waals surface area contributed by atoms with Gasteiger partial charge in [-0.25, -0.2) is 4.98 Å². The van der Waals surface area contributed by atoms with Gasteiger partial charge in [-0.05, 0) is 25.0 Å². The minimum Gasteiger partial charge on any atom is -0.378 e. The number of anilines is 1. The average Bonchev–Trinajstić information content (AvgIpc) is 3.01. The van der Waals surface area contributed by atoms with Crippen molar-refractivity contribution in [2.45, 2.75) is 50.6 Å². The standard InChI is InChI=1S/C19H26N4O2.ClH/c24-18(12-14-13-25-11-10-20-14)22-19-21-16-8-4-5-9-17(16)23(19)15-6-2-1-3-7-15;/h4-5,8-9,14-15,20H,1-3,6-7,10-13H2,(H,21,22,24);1H. The summed E-state index contributed by atoms with van der Waals surface area (Å²) in [7, 11) is 0. The maximum Gasteiger partial charge on any atom is 0.228 e. The Kier molecular flexibility index (Phi) is 6.51. The van der Waals surface area contributed by atoms with Crippen LogP contribution < -0.4 is 10.6 Å². The lowest BCUT2D eigenvalue weighted by Gasteiger charge is -2.26. The van der Waals surface area contributed by atoms with E-state index in [4.69, 9.17) is 9.72 Å². The van der Waals surface area contributed by atoms with Gasteiger partial charge in [-0.3, -0.25) is 10.1 Å². The molecule has 2 aromatic rings. The molecule has 0 spiro atoms. The monoisotopic (exact) mass is 378 g/mol. The van der Waals surface area contributed by atoms with Gasteiger partial charge in [-0.15, -0.1) is 12.4 Å². The second kappa shape index (κ2) is 8.84. The first-order valence-corrected chi connectivity index (χ1v) is 9.39. The van der Waals surface area contributed by atoms with E-state index in [-0.39, 0.29) is 24.4 Å². The maximum atomic E-state index is 12.5. The Morgan fingerprint density at radius 1 is 1.27 bits per heavy atom. The van der Waals surface area contributed by atoms with Crippen molar-refractivity contribution >= 4 is 35.3 Å². The van der Waals surface area contributed by atoms with Crippen molar-refractivity contribution in [2.24, 2.45) is 0 Å². The number of hydrogen-bond donors (Lipinski definition) is 2. The summed E-state index contributed by atoms with van der Waals surface area (Å²) in [5, 5.41) is 6.39. The van der Waals surface area contributed by atoms with Gasteiger partial charge in [0.2, 0.25) is 11.9 Å². The van der Waals surface area contributed by atoms with Crippen LogP contribution in [0.4, 0.5) is 5.95 Å². The summed E-state index contributed by atoms with van der Waals surface area (Å²) in [4.78, 5) is 17.2. The largest absolute Gasteiger partial charge is 0.378 e. The number of nitrogens with one attached hydrogen (secondary N) is 2. The predicted octanol–water partition coefficient (Wildman–Crippen LogP) is 3.28. The van der Waals surface area contributed by atoms with E-state index in [1.54, 1.807) is 0 Å². The van der Waals surface area contributed by atoms with Gasteiger partial charge in [0.15, 0.2) is 0 Å². The Balaban J connectivity index is 0.00000196. The van der Waals surface area contributed by atoms with Crippen LogP contribution in [0, 0.1) is 0 Å². The number of morpholine rings is 1. The van der Waals surface area contributed by atoms with E-state index >= 15 is 0 Å². The molecule has 1 saturated heterocycles. The van der Waals surface area contributed by atoms with Crippen LogP contribution in [0.2, 0.25) is 0 Å². The Morgan fingerprint density at radius 2 is 2.08 bits per heavy atom. The topological polar surface area (TPSA) is 68.2 Å². The zero-order valence-corrected chi connectivity index (χ0v) is 15.8. The van der Waals surface area contributed by atoms with E-state index in [0.717, 1.165) is 37.0 Å². The molecule has 2 N–H and O–H groups in total. The quantitative estimate of drug-likeness (QED) is 0.856. The highest BCUT2D eigenvalue weighted by Crippen LogP contribution is 2.34. The summed E-state index contributed by atoms with van der Waals surface area (Å²) in [6.07, 6.45) is 6.51. The number of fused-ring (bicyclic) bond motifs is 1. The zero-order valence-electron chi connectivity index (χ0n) is 14.9. The van der Waals surface area contributed by atoms with E-state index < -0.39 is 0 Å². The van der Waals surface area contributed by atoms with Gasteiger partial charge in [-0.2, -0.15) is 0 Å². The first-order valence-electron chi connectivity index (χ1n) is 9.39. The van der Waals surface area contributed by atoms with Crippen LogP contribution in [0.1, 0.15) is 44.6 Å². The lowest BCUT2D eigenvalue weighted by molar-refractivity contribution is -0.117. The van der Waals surface area contributed by atoms with Gasteiger partial charge in [0.25, 0.3) is 0 Å². The summed E-state index contributed by atoms with van der Waals surface area (Å²) in [6, 6.07) is 8.66. The van der Waals surface area contributed by atoms with Gasteiger partial charge in [0.05, 0.1) is 24.2 Å². The number of nitrogens with zero attached hydrogens (tertiary/aromatic N) is 2. The molecule has 0 radical (unpaired) electrons. The number of carbonyl (C=O) groups is 1. The van der Waals surface area contributed by atoms with Gasteiger partial charge < -0.3 is 14.6 Å². The number of rotatable bonds is 4. The highest BCUT2D eigenvalue weighted by molar-refractivity contribution is 5.92. The summed E-state index contributed by atoms with van der Waals surface area (Å²) >= 11 is 0. The Hall–Kier alpha value is -1.63. The minimum absolute atomic E-state index is 0. The molecule has 1 aliphatic heterocycles. The number of benzene rings is 1. The first kappa shape index (κ1) is 19.1. The summed E-state index contributed by atoms with van der Waals surface area (Å²) in [5.74, 6) is 0.685. The molecule has 1 saturated carbocycles. The smallest absolute Gasteiger partial charge is 0.228 e. The lowest BCUT2D eigenvalue weighted by atomic mass is 9.95. The molecule has 1 atom stereocenters. The minimum atomic E-state index is -0.00429. The van der Waals surface area contributed by atoms with Crippen LogP contribution in [-0.2, 0) is 9.53 Å². The van der Waals surface area contributed by atoms with Crippen molar-refractivity contribution in [3.05, 3.63) is 24.3 Å². The number of amides is 1. The van der Waals surface area contributed by atoms with E-state index in [0.29, 0.717) is 25.0 Å². The molecule has 1 amide bonds. The third-order valence-electron chi connectivity index (χ3n) is 5.22. The average molecular weight is 379 g/mol. The van der Waals surface area contributed by atoms with Crippen LogP contribution in [0.3, 0.4) is 0 Å². The van der Waals surface area contributed by atoms with Gasteiger partial charge in [-0.1, -0.05) is 31.4 Å². The number of imidazole rings is 1. The summed E-state index contributed by atoms with van der Waals surface area (Å²) in [6.45, 7) is 2.11. The molecule has 1 aromatic carbocycles. The van der Waals surface area contributed by atoms with Crippen molar-refractivity contribution in [1.82, 2.24) is 14.9 Å². The fraction of sp³-hybridized carbons (Fsp3) is 0.579. The van der Waals surface area contributed by atoms with E-state index in [1.165, 1.54) is 19.3 Å². The van der Waals surface area contributed by atoms with Crippen LogP contribution in [0.5, 0.6) is 0 Å². The van der Waals surface area contributed by atoms with Gasteiger partial charge in [0, 0.05) is 25.0 Å². The molecular formula is C19H27ClN4O2. The number of hydrogen-bond acceptors (Lipinski definition) is 4. The van der Waals surface area contributed by atoms with Crippen LogP contribution >= 0.6 is 12.4 Å². The number of aromatic nitrogens is 2. The lowest BCUT2D eigenvalue weighted by Crippen LogP contribution is -2.43. The molecular weight excluding hydrogens is 352 g/mol. The highest BCUT2D eigenvalue weighted by Gasteiger charge is 2.23. The molecule has 0 bridgehead atoms. The fourth-order valence-electron chi connectivity index (χ4n) is 3.99. The maximum absolute atomic E-state index is 12.5. The molecule has 4 rings (SSSR count). The highest BCUT2D eigenvalue weighted by atomic mass is 35.5. The molecule has 142 valence electrons. The normalized spacial score (nSPS) is 21.3. The molecule has 2 fully saturated rings. The van der Waals surface area contributed by atoms with Crippen LogP contribution in [0.25, 0.3) is 11.0 Å². The molecule has 6 nitrogen and oxygen atoms in total. The third-order valence-corrected chi connectivity index (χ3v) is 5.22. The van der Waals surface area contributed by atoms with Crippen molar-refractivity contribution in [3.8, 4) is 0 Å². The second-order valence-corrected chi connectivity index (χ2v) is 7.06. The molecule has 2 aliphatic rings. The van der Waals surface area contributed by atoms with Crippen molar-refractivity contribution < 1.29 is 9.53 Å². The molecule has 2 heterocycles. The van der Waals surface area contributed by atoms with Crippen LogP contribution in [0.15, 0.2) is 24.3 Å². The molecule has 1 aromatic heterocycles. The van der Waals surface area contributed by atoms with E-state index in [2.05, 4.69) is 21.3 Å². The summed E-state index contributed by atoms with van der Waals surface area (Å²) < 4.78 is 7.68. The molecule has 26 heavy (non-hydrogen) atoms. The van der Waals surface area contributed by atoms with Crippen molar-refractivity contribution in [1.29, 1.82) is 0 Å². The predicted molar refractivity (Wildman–Crippen MR) is 105 cm³/mol. The molecule has 7 heteroatoms. The Morgan fingerprint density at radius 3 is 2.85 bits per heavy atom. The SMILES string of the molecule is Cl.O=C(CC1COCCN1)Nc1nc2ccccc2n1C1CCCCC1. The summed E-state index contributed by atoms with van der Waals surface area (Å²) in [5.41, 5.74) is 2.06. The number of ether oxygens (including phenoxy) is 1. The molecule has 1 unspecified atom stereocenters. The second-order valence-electron chi connectivity index (χ2n) is 7.06. The zero-order chi connectivity index (χ0) is 17.1. The fourth-order valence-corrected chi connectivity index (χ4v) is 3.99. The van der Waals surface area contributed by atoms with Gasteiger partial charge >= 0.3 is 0 Å². The van der Waals surface area contributed by atoms with Crippen molar-refractivity contribution in [2.75, 3.05) is 25.1 Å². The number of halogens is 1. The third kappa shape index (κ3) is 4.19. The van der Waals surface area contributed by atoms with E-state index in [9.17, 15) is 4.79 Å². The first-order chi connectivity index (χ1) is 12.3. The number of carbonyl (C=O) groups excluding carboxylic acids is 1. The molecule has 1 aliphatic carbocycles. The van der Waals surface area contributed by atoms with E-state index in [1.807, 2.05) is 18.2 Å².